The molecule has 1 unspecified atom stereocenters. The Hall–Kier alpha value is -1.75. The zero-order valence-electron chi connectivity index (χ0n) is 12.9. The van der Waals surface area contributed by atoms with Crippen LogP contribution in [0.1, 0.15) is 25.3 Å². The highest BCUT2D eigenvalue weighted by Gasteiger charge is 2.28. The first-order chi connectivity index (χ1) is 10.7. The Morgan fingerprint density at radius 1 is 1.41 bits per heavy atom. The van der Waals surface area contributed by atoms with Gasteiger partial charge in [-0.3, -0.25) is 4.79 Å². The fourth-order valence-corrected chi connectivity index (χ4v) is 3.76. The summed E-state index contributed by atoms with van der Waals surface area (Å²) in [5, 5.41) is 0.845. The Bertz CT molecular complexity index is 639. The molecule has 0 aromatic heterocycles. The van der Waals surface area contributed by atoms with E-state index in [-0.39, 0.29) is 5.91 Å². The Kier molecular flexibility index (Phi) is 4.52. The molecule has 1 amide bonds. The van der Waals surface area contributed by atoms with E-state index >= 15 is 0 Å². The maximum absolute atomic E-state index is 12.2. The summed E-state index contributed by atoms with van der Waals surface area (Å²) in [5.74, 6) is 1.28. The first kappa shape index (κ1) is 15.2. The summed E-state index contributed by atoms with van der Waals surface area (Å²) in [5.41, 5.74) is 0.907. The molecule has 0 N–H and O–H groups in total. The summed E-state index contributed by atoms with van der Waals surface area (Å²) < 4.78 is 5.34. The number of aliphatic imine (C=N–C) groups is 1. The zero-order valence-corrected chi connectivity index (χ0v) is 13.7. The standard InChI is InChI=1S/C17H20N2O2S/c1-12-6-5-9-19(11-12)17-18-16(20)15(22-17)10-13-7-3-4-8-14(13)21-2/h3-4,7-8,10,12H,5-6,9,11H2,1-2H3/b15-10+. The van der Waals surface area contributed by atoms with E-state index in [1.165, 1.54) is 24.6 Å². The van der Waals surface area contributed by atoms with Crippen LogP contribution in [-0.4, -0.2) is 36.2 Å². The summed E-state index contributed by atoms with van der Waals surface area (Å²) in [6, 6.07) is 7.69. The molecule has 4 nitrogen and oxygen atoms in total. The second-order valence-corrected chi connectivity index (χ2v) is 6.75. The molecule has 0 bridgehead atoms. The molecule has 5 heteroatoms. The highest BCUT2D eigenvalue weighted by Crippen LogP contribution is 2.33. The number of thioether (sulfide) groups is 1. The minimum Gasteiger partial charge on any atom is -0.496 e. The Labute approximate surface area is 135 Å². The van der Waals surface area contributed by atoms with Crippen LogP contribution in [0, 0.1) is 5.92 Å². The molecule has 0 saturated carbocycles. The van der Waals surface area contributed by atoms with Gasteiger partial charge >= 0.3 is 0 Å². The predicted octanol–water partition coefficient (Wildman–Crippen LogP) is 3.40. The Morgan fingerprint density at radius 2 is 2.23 bits per heavy atom. The van der Waals surface area contributed by atoms with Crippen molar-refractivity contribution >= 4 is 28.9 Å². The fourth-order valence-electron chi connectivity index (χ4n) is 2.82. The third-order valence-electron chi connectivity index (χ3n) is 3.96. The second kappa shape index (κ2) is 6.57. The lowest BCUT2D eigenvalue weighted by Gasteiger charge is -2.31. The van der Waals surface area contributed by atoms with Gasteiger partial charge in [-0.25, -0.2) is 0 Å². The predicted molar refractivity (Wildman–Crippen MR) is 91.0 cm³/mol. The molecule has 1 aromatic rings. The molecule has 1 aromatic carbocycles. The minimum absolute atomic E-state index is 0.149. The van der Waals surface area contributed by atoms with Crippen LogP contribution in [0.3, 0.4) is 0 Å². The van der Waals surface area contributed by atoms with Gasteiger partial charge in [-0.15, -0.1) is 0 Å². The van der Waals surface area contributed by atoms with Gasteiger partial charge in [-0.2, -0.15) is 4.99 Å². The van der Waals surface area contributed by atoms with Crippen molar-refractivity contribution in [1.82, 2.24) is 4.90 Å². The molecule has 1 atom stereocenters. The SMILES string of the molecule is COc1ccccc1/C=C1/SC(N2CCCC(C)C2)=NC1=O. The summed E-state index contributed by atoms with van der Waals surface area (Å²) in [6.07, 6.45) is 4.29. The molecule has 2 aliphatic rings. The first-order valence-electron chi connectivity index (χ1n) is 7.58. The van der Waals surface area contributed by atoms with Crippen molar-refractivity contribution in [1.29, 1.82) is 0 Å². The molecule has 0 aliphatic carbocycles. The minimum atomic E-state index is -0.149. The van der Waals surface area contributed by atoms with Gasteiger partial charge in [0.05, 0.1) is 12.0 Å². The van der Waals surface area contributed by atoms with Gasteiger partial charge in [0.1, 0.15) is 5.75 Å². The summed E-state index contributed by atoms with van der Waals surface area (Å²) >= 11 is 1.47. The van der Waals surface area contributed by atoms with Crippen molar-refractivity contribution < 1.29 is 9.53 Å². The number of methoxy groups -OCH3 is 1. The Balaban J connectivity index is 1.78. The first-order valence-corrected chi connectivity index (χ1v) is 8.39. The molecule has 2 heterocycles. The number of para-hydroxylation sites is 1. The number of carbonyl (C=O) groups is 1. The monoisotopic (exact) mass is 316 g/mol. The maximum Gasteiger partial charge on any atom is 0.286 e. The van der Waals surface area contributed by atoms with E-state index in [9.17, 15) is 4.79 Å². The van der Waals surface area contributed by atoms with Crippen molar-refractivity contribution in [3.63, 3.8) is 0 Å². The largest absolute Gasteiger partial charge is 0.496 e. The van der Waals surface area contributed by atoms with E-state index in [0.29, 0.717) is 10.8 Å². The number of likely N-dealkylation sites (tertiary alicyclic amines) is 1. The lowest BCUT2D eigenvalue weighted by molar-refractivity contribution is -0.113. The topological polar surface area (TPSA) is 41.9 Å². The van der Waals surface area contributed by atoms with E-state index in [1.54, 1.807) is 7.11 Å². The molecular weight excluding hydrogens is 296 g/mol. The van der Waals surface area contributed by atoms with E-state index in [2.05, 4.69) is 16.8 Å². The molecule has 2 aliphatic heterocycles. The van der Waals surface area contributed by atoms with Crippen molar-refractivity contribution in [2.45, 2.75) is 19.8 Å². The number of hydrogen-bond acceptors (Lipinski definition) is 4. The van der Waals surface area contributed by atoms with Crippen LogP contribution in [0.5, 0.6) is 5.75 Å². The van der Waals surface area contributed by atoms with Crippen molar-refractivity contribution in [3.05, 3.63) is 34.7 Å². The fraction of sp³-hybridized carbons (Fsp3) is 0.412. The second-order valence-electron chi connectivity index (χ2n) is 5.75. The number of amidine groups is 1. The van der Waals surface area contributed by atoms with Crippen LogP contribution >= 0.6 is 11.8 Å². The van der Waals surface area contributed by atoms with E-state index in [1.807, 2.05) is 30.3 Å². The average Bonchev–Trinajstić information content (AvgIpc) is 2.89. The molecule has 0 radical (unpaired) electrons. The van der Waals surface area contributed by atoms with Crippen LogP contribution in [0.2, 0.25) is 0 Å². The van der Waals surface area contributed by atoms with Gasteiger partial charge in [0, 0.05) is 18.7 Å². The summed E-state index contributed by atoms with van der Waals surface area (Å²) in [6.45, 7) is 4.23. The van der Waals surface area contributed by atoms with Gasteiger partial charge < -0.3 is 9.64 Å². The number of benzene rings is 1. The van der Waals surface area contributed by atoms with Crippen LogP contribution in [-0.2, 0) is 4.79 Å². The number of amides is 1. The van der Waals surface area contributed by atoms with Gasteiger partial charge in [0.25, 0.3) is 5.91 Å². The molecule has 1 fully saturated rings. The summed E-state index contributed by atoms with van der Waals surface area (Å²) in [4.78, 5) is 19.3. The molecule has 3 rings (SSSR count). The van der Waals surface area contributed by atoms with Crippen LogP contribution < -0.4 is 4.74 Å². The van der Waals surface area contributed by atoms with Crippen LogP contribution in [0.4, 0.5) is 0 Å². The lowest BCUT2D eigenvalue weighted by Crippen LogP contribution is -2.37. The number of nitrogens with zero attached hydrogens (tertiary/aromatic N) is 2. The summed E-state index contributed by atoms with van der Waals surface area (Å²) in [7, 11) is 1.64. The third-order valence-corrected chi connectivity index (χ3v) is 5.01. The molecule has 116 valence electrons. The number of ether oxygens (including phenoxy) is 1. The van der Waals surface area contributed by atoms with Gasteiger partial charge in [0.2, 0.25) is 0 Å². The number of hydrogen-bond donors (Lipinski definition) is 0. The smallest absolute Gasteiger partial charge is 0.286 e. The number of rotatable bonds is 2. The maximum atomic E-state index is 12.2. The number of carbonyl (C=O) groups excluding carboxylic acids is 1. The van der Waals surface area contributed by atoms with Crippen molar-refractivity contribution in [2.75, 3.05) is 20.2 Å². The number of piperidine rings is 1. The van der Waals surface area contributed by atoms with Crippen molar-refractivity contribution in [3.8, 4) is 5.75 Å². The van der Waals surface area contributed by atoms with Crippen LogP contribution in [0.25, 0.3) is 6.08 Å². The van der Waals surface area contributed by atoms with Gasteiger partial charge in [-0.1, -0.05) is 25.1 Å². The molecule has 22 heavy (non-hydrogen) atoms. The Morgan fingerprint density at radius 3 is 3.00 bits per heavy atom. The highest BCUT2D eigenvalue weighted by atomic mass is 32.2. The average molecular weight is 316 g/mol. The van der Waals surface area contributed by atoms with Crippen molar-refractivity contribution in [2.24, 2.45) is 10.9 Å². The normalized spacial score (nSPS) is 23.8. The van der Waals surface area contributed by atoms with E-state index in [0.717, 1.165) is 29.6 Å². The molecular formula is C17H20N2O2S. The van der Waals surface area contributed by atoms with E-state index in [4.69, 9.17) is 4.74 Å². The highest BCUT2D eigenvalue weighted by molar-refractivity contribution is 8.18. The third kappa shape index (κ3) is 3.19. The molecule has 1 saturated heterocycles. The molecule has 0 spiro atoms. The van der Waals surface area contributed by atoms with Gasteiger partial charge in [0.15, 0.2) is 5.17 Å². The zero-order chi connectivity index (χ0) is 15.5. The van der Waals surface area contributed by atoms with Gasteiger partial charge in [-0.05, 0) is 42.7 Å². The lowest BCUT2D eigenvalue weighted by atomic mass is 10.0. The van der Waals surface area contributed by atoms with Crippen LogP contribution in [0.15, 0.2) is 34.2 Å². The van der Waals surface area contributed by atoms with E-state index < -0.39 is 0 Å². The quantitative estimate of drug-likeness (QED) is 0.784.